The Morgan fingerprint density at radius 2 is 1.60 bits per heavy atom. The van der Waals surface area contributed by atoms with Crippen LogP contribution in [-0.4, -0.2) is 88.7 Å². The minimum absolute atomic E-state index is 0.0538. The molecule has 0 aliphatic heterocycles. The highest BCUT2D eigenvalue weighted by atomic mass is 16.5. The van der Waals surface area contributed by atoms with E-state index in [4.69, 9.17) is 10.5 Å². The maximum absolute atomic E-state index is 13.9. The number of primary amides is 1. The molecule has 14 nitrogen and oxygen atoms in total. The highest BCUT2D eigenvalue weighted by molar-refractivity contribution is 5.99. The molecule has 1 heterocycles. The van der Waals surface area contributed by atoms with Crippen LogP contribution in [0.4, 0.5) is 4.79 Å². The van der Waals surface area contributed by atoms with Crippen LogP contribution in [0.2, 0.25) is 0 Å². The maximum Gasteiger partial charge on any atom is 0.407 e. The summed E-state index contributed by atoms with van der Waals surface area (Å²) in [4.78, 5) is 69.5. The third-order valence-corrected chi connectivity index (χ3v) is 9.33. The molecule has 3 aromatic rings. The van der Waals surface area contributed by atoms with Crippen molar-refractivity contribution in [3.8, 4) is 0 Å². The molecule has 2 aromatic carbocycles. The number of aliphatic hydroxyl groups excluding tert-OH is 1. The van der Waals surface area contributed by atoms with Crippen LogP contribution in [-0.2, 0) is 25.5 Å². The maximum atomic E-state index is 13.9. The second-order valence-corrected chi connectivity index (χ2v) is 13.9. The van der Waals surface area contributed by atoms with E-state index >= 15 is 0 Å². The fourth-order valence-electron chi connectivity index (χ4n) is 6.53. The van der Waals surface area contributed by atoms with Gasteiger partial charge in [0.25, 0.3) is 11.8 Å². The first-order valence-electron chi connectivity index (χ1n) is 18.4. The second-order valence-electron chi connectivity index (χ2n) is 13.9. The fraction of sp³-hybridized carbons (Fsp3) is 0.487. The molecule has 1 saturated carbocycles. The topological polar surface area (TPSA) is 205 Å². The number of benzene rings is 2. The molecule has 0 spiro atoms. The van der Waals surface area contributed by atoms with Crippen LogP contribution in [0.1, 0.15) is 75.3 Å². The molecule has 5 amide bonds. The van der Waals surface area contributed by atoms with Gasteiger partial charge in [-0.15, -0.1) is 0 Å². The molecular weight excluding hydrogens is 678 g/mol. The molecule has 1 aromatic heterocycles. The molecule has 286 valence electrons. The number of para-hydroxylation sites is 1. The SMILES string of the molecule is CCOC(=O)NC(C(=O)NN(CC1CCCCC1)C[C@H](O)[C@H](Cc1ccccc1)NC(=O)[C@H](CC(N)=O)NC(=O)c1ccc2ccccc2n1)C(C)C. The average Bonchev–Trinajstić information content (AvgIpc) is 3.13. The van der Waals surface area contributed by atoms with E-state index in [2.05, 4.69) is 26.4 Å². The van der Waals surface area contributed by atoms with Crippen molar-refractivity contribution >= 4 is 40.6 Å². The third-order valence-electron chi connectivity index (χ3n) is 9.33. The van der Waals surface area contributed by atoms with Crippen LogP contribution in [0, 0.1) is 11.8 Å². The number of fused-ring (bicyclic) bond motifs is 1. The van der Waals surface area contributed by atoms with Gasteiger partial charge < -0.3 is 31.5 Å². The summed E-state index contributed by atoms with van der Waals surface area (Å²) in [5.74, 6) is -2.68. The van der Waals surface area contributed by atoms with E-state index in [0.29, 0.717) is 12.1 Å². The standard InChI is InChI=1S/C39H53N7O7/c1-4-53-39(52)44-35(25(2)3)38(51)45-46(23-27-15-9-6-10-16-27)24-33(47)31(21-26-13-7-5-8-14-26)42-37(50)32(22-34(40)48)43-36(49)30-20-19-28-17-11-12-18-29(28)41-30/h5,7-8,11-14,17-20,25,27,31-33,35,47H,4,6,9-10,15-16,21-24H2,1-3H3,(H2,40,48)(H,42,50)(H,43,49)(H,44,52)(H,45,51)/t31-,32-,33-,35?/m0/s1. The molecule has 0 bridgehead atoms. The molecule has 1 aliphatic carbocycles. The number of carbonyl (C=O) groups excluding carboxylic acids is 5. The zero-order valence-electron chi connectivity index (χ0n) is 30.8. The Morgan fingerprint density at radius 3 is 2.28 bits per heavy atom. The van der Waals surface area contributed by atoms with Gasteiger partial charge >= 0.3 is 6.09 Å². The number of ether oxygens (including phenoxy) is 1. The molecule has 1 fully saturated rings. The van der Waals surface area contributed by atoms with Crippen LogP contribution < -0.4 is 27.1 Å². The lowest BCUT2D eigenvalue weighted by molar-refractivity contribution is -0.131. The highest BCUT2D eigenvalue weighted by Gasteiger charge is 2.32. The number of hydrogen-bond donors (Lipinski definition) is 6. The molecule has 0 saturated heterocycles. The lowest BCUT2D eigenvalue weighted by Gasteiger charge is -2.35. The number of pyridine rings is 1. The van der Waals surface area contributed by atoms with Crippen LogP contribution >= 0.6 is 0 Å². The Bertz CT molecular complexity index is 1680. The number of hydrazine groups is 1. The Morgan fingerprint density at radius 1 is 0.906 bits per heavy atom. The Balaban J connectivity index is 1.55. The number of nitrogens with one attached hydrogen (secondary N) is 4. The van der Waals surface area contributed by atoms with Crippen LogP contribution in [0.15, 0.2) is 66.7 Å². The fourth-order valence-corrected chi connectivity index (χ4v) is 6.53. The summed E-state index contributed by atoms with van der Waals surface area (Å²) in [7, 11) is 0. The van der Waals surface area contributed by atoms with Crippen molar-refractivity contribution in [2.75, 3.05) is 19.7 Å². The summed E-state index contributed by atoms with van der Waals surface area (Å²) < 4.78 is 5.02. The molecular formula is C39H53N7O7. The van der Waals surface area contributed by atoms with Gasteiger partial charge in [0.1, 0.15) is 17.8 Å². The molecule has 14 heteroatoms. The van der Waals surface area contributed by atoms with E-state index in [-0.39, 0.29) is 37.1 Å². The van der Waals surface area contributed by atoms with Crippen molar-refractivity contribution in [3.63, 3.8) is 0 Å². The Hall–Kier alpha value is -5.08. The third kappa shape index (κ3) is 12.8. The first-order valence-corrected chi connectivity index (χ1v) is 18.4. The number of amides is 5. The van der Waals surface area contributed by atoms with Gasteiger partial charge in [0.2, 0.25) is 11.8 Å². The lowest BCUT2D eigenvalue weighted by atomic mass is 9.89. The quantitative estimate of drug-likeness (QED) is 0.106. The molecule has 1 aliphatic rings. The van der Waals surface area contributed by atoms with Gasteiger partial charge in [0.05, 0.1) is 30.7 Å². The number of aliphatic hydroxyl groups is 1. The molecule has 4 rings (SSSR count). The number of hydrogen-bond acceptors (Lipinski definition) is 9. The summed E-state index contributed by atoms with van der Waals surface area (Å²) in [5.41, 5.74) is 9.89. The van der Waals surface area contributed by atoms with Gasteiger partial charge in [-0.1, -0.05) is 87.7 Å². The predicted octanol–water partition coefficient (Wildman–Crippen LogP) is 2.98. The van der Waals surface area contributed by atoms with E-state index in [1.54, 1.807) is 44.0 Å². The average molecular weight is 732 g/mol. The van der Waals surface area contributed by atoms with Crippen molar-refractivity contribution in [2.24, 2.45) is 17.6 Å². The first kappa shape index (κ1) is 40.7. The summed E-state index contributed by atoms with van der Waals surface area (Å²) in [6, 6.07) is 16.6. The van der Waals surface area contributed by atoms with E-state index < -0.39 is 60.4 Å². The number of nitrogens with two attached hydrogens (primary N) is 1. The molecule has 1 unspecified atom stereocenters. The van der Waals surface area contributed by atoms with Gasteiger partial charge in [-0.3, -0.25) is 24.6 Å². The van der Waals surface area contributed by atoms with Gasteiger partial charge in [0, 0.05) is 18.5 Å². The normalized spacial score (nSPS) is 15.6. The van der Waals surface area contributed by atoms with E-state index in [1.165, 1.54) is 6.07 Å². The molecule has 0 radical (unpaired) electrons. The van der Waals surface area contributed by atoms with Crippen molar-refractivity contribution in [1.82, 2.24) is 31.4 Å². The summed E-state index contributed by atoms with van der Waals surface area (Å²) in [6.45, 7) is 5.81. The zero-order valence-corrected chi connectivity index (χ0v) is 30.8. The van der Waals surface area contributed by atoms with Crippen LogP contribution in [0.5, 0.6) is 0 Å². The van der Waals surface area contributed by atoms with Gasteiger partial charge in [-0.05, 0) is 55.7 Å². The Labute approximate surface area is 310 Å². The van der Waals surface area contributed by atoms with Crippen molar-refractivity contribution in [3.05, 3.63) is 78.0 Å². The van der Waals surface area contributed by atoms with Crippen LogP contribution in [0.25, 0.3) is 10.9 Å². The monoisotopic (exact) mass is 731 g/mol. The number of rotatable bonds is 18. The summed E-state index contributed by atoms with van der Waals surface area (Å²) >= 11 is 0. The number of alkyl carbamates (subject to hydrolysis) is 1. The van der Waals surface area contributed by atoms with Crippen molar-refractivity contribution in [2.45, 2.75) is 89.9 Å². The van der Waals surface area contributed by atoms with Gasteiger partial charge in [-0.25, -0.2) is 14.8 Å². The summed E-state index contributed by atoms with van der Waals surface area (Å²) in [5, 5.41) is 22.4. The van der Waals surface area contributed by atoms with Crippen LogP contribution in [0.3, 0.4) is 0 Å². The zero-order chi connectivity index (χ0) is 38.3. The molecule has 4 atom stereocenters. The van der Waals surface area contributed by atoms with Gasteiger partial charge in [0.15, 0.2) is 0 Å². The van der Waals surface area contributed by atoms with Crippen molar-refractivity contribution < 1.29 is 33.8 Å². The van der Waals surface area contributed by atoms with Crippen molar-refractivity contribution in [1.29, 1.82) is 0 Å². The minimum Gasteiger partial charge on any atom is -0.450 e. The van der Waals surface area contributed by atoms with E-state index in [0.717, 1.165) is 43.1 Å². The lowest BCUT2D eigenvalue weighted by Crippen LogP contribution is -2.59. The first-order chi connectivity index (χ1) is 25.4. The number of nitrogens with zero attached hydrogens (tertiary/aromatic N) is 2. The number of aromatic nitrogens is 1. The van der Waals surface area contributed by atoms with E-state index in [9.17, 15) is 29.1 Å². The molecule has 53 heavy (non-hydrogen) atoms. The van der Waals surface area contributed by atoms with E-state index in [1.807, 2.05) is 42.5 Å². The second kappa shape index (κ2) is 20.2. The highest BCUT2D eigenvalue weighted by Crippen LogP contribution is 2.24. The number of carbonyl (C=O) groups is 5. The van der Waals surface area contributed by atoms with Gasteiger partial charge in [-0.2, -0.15) is 0 Å². The summed E-state index contributed by atoms with van der Waals surface area (Å²) in [6.07, 6.45) is 2.93. The minimum atomic E-state index is -1.36. The predicted molar refractivity (Wildman–Crippen MR) is 200 cm³/mol. The smallest absolute Gasteiger partial charge is 0.407 e. The largest absolute Gasteiger partial charge is 0.450 e. The Kier molecular flexibility index (Phi) is 15.5. The molecule has 7 N–H and O–H groups in total.